The smallest absolute Gasteiger partial charge is 0.255 e. The number of ether oxygens (including phenoxy) is 1. The Balaban J connectivity index is 1.72. The molecule has 2 aromatic carbocycles. The second-order valence-electron chi connectivity index (χ2n) is 4.97. The van der Waals surface area contributed by atoms with E-state index in [0.717, 1.165) is 22.7 Å². The van der Waals surface area contributed by atoms with Crippen LogP contribution >= 0.6 is 0 Å². The number of carbonyl (C=O) groups excluding carboxylic acids is 1. The lowest BCUT2D eigenvalue weighted by Crippen LogP contribution is -2.11. The molecule has 3 rings (SSSR count). The zero-order valence-corrected chi connectivity index (χ0v) is 12.7. The van der Waals surface area contributed by atoms with Crippen molar-refractivity contribution in [1.29, 1.82) is 0 Å². The number of benzene rings is 2. The highest BCUT2D eigenvalue weighted by atomic mass is 16.5. The van der Waals surface area contributed by atoms with Crippen LogP contribution in [0.2, 0.25) is 0 Å². The zero-order valence-electron chi connectivity index (χ0n) is 12.7. The minimum absolute atomic E-state index is 0.150. The van der Waals surface area contributed by atoms with Gasteiger partial charge in [0, 0.05) is 23.0 Å². The first-order valence-corrected chi connectivity index (χ1v) is 7.23. The Morgan fingerprint density at radius 3 is 2.30 bits per heavy atom. The molecule has 1 amide bonds. The molecule has 0 radical (unpaired) electrons. The van der Waals surface area contributed by atoms with Gasteiger partial charge in [0.1, 0.15) is 5.75 Å². The van der Waals surface area contributed by atoms with Gasteiger partial charge in [0.05, 0.1) is 12.8 Å². The van der Waals surface area contributed by atoms with Crippen molar-refractivity contribution < 1.29 is 9.53 Å². The molecule has 4 nitrogen and oxygen atoms in total. The van der Waals surface area contributed by atoms with Gasteiger partial charge in [0.25, 0.3) is 5.91 Å². The van der Waals surface area contributed by atoms with E-state index in [1.54, 1.807) is 49.7 Å². The predicted molar refractivity (Wildman–Crippen MR) is 90.6 cm³/mol. The average Bonchev–Trinajstić information content (AvgIpc) is 2.63. The summed E-state index contributed by atoms with van der Waals surface area (Å²) in [4.78, 5) is 16.6. The minimum Gasteiger partial charge on any atom is -0.497 e. The predicted octanol–water partition coefficient (Wildman–Crippen LogP) is 4.01. The van der Waals surface area contributed by atoms with Crippen molar-refractivity contribution in [2.45, 2.75) is 0 Å². The Labute approximate surface area is 134 Å². The summed E-state index contributed by atoms with van der Waals surface area (Å²) in [6, 6.07) is 20.3. The van der Waals surface area contributed by atoms with E-state index in [1.807, 2.05) is 30.3 Å². The van der Waals surface area contributed by atoms with Crippen LogP contribution in [-0.2, 0) is 0 Å². The molecule has 0 aliphatic carbocycles. The Morgan fingerprint density at radius 1 is 0.957 bits per heavy atom. The number of carbonyl (C=O) groups is 1. The zero-order chi connectivity index (χ0) is 16.1. The van der Waals surface area contributed by atoms with Crippen molar-refractivity contribution in [3.05, 3.63) is 78.5 Å². The maximum absolute atomic E-state index is 12.3. The second-order valence-corrected chi connectivity index (χ2v) is 4.97. The number of pyridine rings is 1. The maximum Gasteiger partial charge on any atom is 0.255 e. The van der Waals surface area contributed by atoms with Crippen molar-refractivity contribution in [3.63, 3.8) is 0 Å². The largest absolute Gasteiger partial charge is 0.497 e. The van der Waals surface area contributed by atoms with Gasteiger partial charge in [-0.15, -0.1) is 0 Å². The Morgan fingerprint density at radius 2 is 1.70 bits per heavy atom. The SMILES string of the molecule is COc1ccc(NC(=O)c2ccc(-c3ccccn3)cc2)cc1. The van der Waals surface area contributed by atoms with Gasteiger partial charge < -0.3 is 10.1 Å². The van der Waals surface area contributed by atoms with E-state index in [-0.39, 0.29) is 5.91 Å². The summed E-state index contributed by atoms with van der Waals surface area (Å²) in [7, 11) is 1.61. The Kier molecular flexibility index (Phi) is 4.34. The summed E-state index contributed by atoms with van der Waals surface area (Å²) in [6.07, 6.45) is 1.75. The number of methoxy groups -OCH3 is 1. The first-order valence-electron chi connectivity index (χ1n) is 7.23. The van der Waals surface area contributed by atoms with Gasteiger partial charge in [0.2, 0.25) is 0 Å². The number of amides is 1. The molecule has 0 aliphatic heterocycles. The molecule has 0 fully saturated rings. The van der Waals surface area contributed by atoms with Crippen LogP contribution in [0.4, 0.5) is 5.69 Å². The maximum atomic E-state index is 12.3. The standard InChI is InChI=1S/C19H16N2O2/c1-23-17-11-9-16(10-12-17)21-19(22)15-7-5-14(6-8-15)18-4-2-3-13-20-18/h2-13H,1H3,(H,21,22). The summed E-state index contributed by atoms with van der Waals surface area (Å²) >= 11 is 0. The number of hydrogen-bond acceptors (Lipinski definition) is 3. The Bertz CT molecular complexity index is 782. The highest BCUT2D eigenvalue weighted by molar-refractivity contribution is 6.04. The fourth-order valence-electron chi connectivity index (χ4n) is 2.20. The van der Waals surface area contributed by atoms with Gasteiger partial charge in [0.15, 0.2) is 0 Å². The third-order valence-corrected chi connectivity index (χ3v) is 3.46. The number of rotatable bonds is 4. The van der Waals surface area contributed by atoms with E-state index in [0.29, 0.717) is 5.56 Å². The summed E-state index contributed by atoms with van der Waals surface area (Å²) in [5.41, 5.74) is 3.19. The van der Waals surface area contributed by atoms with Gasteiger partial charge in [-0.1, -0.05) is 18.2 Å². The van der Waals surface area contributed by atoms with Crippen LogP contribution in [0.25, 0.3) is 11.3 Å². The van der Waals surface area contributed by atoms with Gasteiger partial charge in [-0.2, -0.15) is 0 Å². The molecule has 114 valence electrons. The fraction of sp³-hybridized carbons (Fsp3) is 0.0526. The molecule has 0 saturated heterocycles. The van der Waals surface area contributed by atoms with Gasteiger partial charge >= 0.3 is 0 Å². The number of anilines is 1. The number of hydrogen-bond donors (Lipinski definition) is 1. The van der Waals surface area contributed by atoms with E-state index in [1.165, 1.54) is 0 Å². The highest BCUT2D eigenvalue weighted by Gasteiger charge is 2.07. The second kappa shape index (κ2) is 6.75. The van der Waals surface area contributed by atoms with Gasteiger partial charge in [-0.05, 0) is 48.5 Å². The van der Waals surface area contributed by atoms with Crippen LogP contribution in [0.5, 0.6) is 5.75 Å². The molecule has 23 heavy (non-hydrogen) atoms. The molecule has 1 aromatic heterocycles. The molecule has 4 heteroatoms. The first-order chi connectivity index (χ1) is 11.3. The van der Waals surface area contributed by atoms with Gasteiger partial charge in [-0.25, -0.2) is 0 Å². The highest BCUT2D eigenvalue weighted by Crippen LogP contribution is 2.19. The van der Waals surface area contributed by atoms with Crippen LogP contribution in [-0.4, -0.2) is 18.0 Å². The van der Waals surface area contributed by atoms with E-state index < -0.39 is 0 Å². The molecular weight excluding hydrogens is 288 g/mol. The van der Waals surface area contributed by atoms with E-state index >= 15 is 0 Å². The molecule has 0 unspecified atom stereocenters. The summed E-state index contributed by atoms with van der Waals surface area (Å²) in [6.45, 7) is 0. The quantitative estimate of drug-likeness (QED) is 0.792. The monoisotopic (exact) mass is 304 g/mol. The topological polar surface area (TPSA) is 51.2 Å². The number of nitrogens with zero attached hydrogens (tertiary/aromatic N) is 1. The van der Waals surface area contributed by atoms with E-state index in [2.05, 4.69) is 10.3 Å². The molecule has 0 saturated carbocycles. The molecule has 1 N–H and O–H groups in total. The lowest BCUT2D eigenvalue weighted by atomic mass is 10.1. The minimum atomic E-state index is -0.150. The normalized spacial score (nSPS) is 10.1. The fourth-order valence-corrected chi connectivity index (χ4v) is 2.20. The van der Waals surface area contributed by atoms with Crippen molar-refractivity contribution in [2.24, 2.45) is 0 Å². The lowest BCUT2D eigenvalue weighted by Gasteiger charge is -2.07. The van der Waals surface area contributed by atoms with Crippen molar-refractivity contribution in [3.8, 4) is 17.0 Å². The molecule has 0 atom stereocenters. The lowest BCUT2D eigenvalue weighted by molar-refractivity contribution is 0.102. The molecule has 0 bridgehead atoms. The van der Waals surface area contributed by atoms with E-state index in [4.69, 9.17) is 4.74 Å². The summed E-state index contributed by atoms with van der Waals surface area (Å²) in [5, 5.41) is 2.86. The Hall–Kier alpha value is -3.14. The summed E-state index contributed by atoms with van der Waals surface area (Å²) in [5.74, 6) is 0.602. The third-order valence-electron chi connectivity index (χ3n) is 3.46. The van der Waals surface area contributed by atoms with Crippen LogP contribution in [0, 0.1) is 0 Å². The first kappa shape index (κ1) is 14.8. The van der Waals surface area contributed by atoms with Crippen molar-refractivity contribution >= 4 is 11.6 Å². The van der Waals surface area contributed by atoms with Crippen molar-refractivity contribution in [1.82, 2.24) is 4.98 Å². The van der Waals surface area contributed by atoms with Crippen LogP contribution in [0.15, 0.2) is 72.9 Å². The molecular formula is C19H16N2O2. The van der Waals surface area contributed by atoms with Crippen molar-refractivity contribution in [2.75, 3.05) is 12.4 Å². The molecule has 1 heterocycles. The third kappa shape index (κ3) is 3.55. The molecule has 0 aliphatic rings. The van der Waals surface area contributed by atoms with Crippen LogP contribution in [0.3, 0.4) is 0 Å². The number of nitrogens with one attached hydrogen (secondary N) is 1. The summed E-state index contributed by atoms with van der Waals surface area (Å²) < 4.78 is 5.10. The molecule has 3 aromatic rings. The van der Waals surface area contributed by atoms with Crippen LogP contribution < -0.4 is 10.1 Å². The van der Waals surface area contributed by atoms with Gasteiger partial charge in [-0.3, -0.25) is 9.78 Å². The van der Waals surface area contributed by atoms with Crippen LogP contribution in [0.1, 0.15) is 10.4 Å². The number of aromatic nitrogens is 1. The average molecular weight is 304 g/mol. The molecule has 0 spiro atoms. The van der Waals surface area contributed by atoms with E-state index in [9.17, 15) is 4.79 Å².